The van der Waals surface area contributed by atoms with E-state index in [0.29, 0.717) is 36.6 Å². The van der Waals surface area contributed by atoms with Crippen molar-refractivity contribution in [3.8, 4) is 5.75 Å². The van der Waals surface area contributed by atoms with Crippen LogP contribution in [0.3, 0.4) is 0 Å². The summed E-state index contributed by atoms with van der Waals surface area (Å²) in [6.45, 7) is 3.25. The standard InChI is InChI=1S/C14H21N3O3/c1-14(19)5-6-17(9-14)8-13(18)16-11-7-10(15)3-4-12(11)20-2/h3-4,7,19H,5-6,8-9,15H2,1-2H3,(H,16,18). The molecule has 0 aromatic heterocycles. The predicted octanol–water partition coefficient (Wildman–Crippen LogP) is 0.673. The molecule has 1 saturated heterocycles. The molecule has 6 nitrogen and oxygen atoms in total. The van der Waals surface area contributed by atoms with Crippen molar-refractivity contribution in [3.63, 3.8) is 0 Å². The Kier molecular flexibility index (Phi) is 4.15. The van der Waals surface area contributed by atoms with Gasteiger partial charge < -0.3 is 20.9 Å². The zero-order chi connectivity index (χ0) is 14.8. The van der Waals surface area contributed by atoms with Crippen molar-refractivity contribution in [1.29, 1.82) is 0 Å². The number of nitrogens with two attached hydrogens (primary N) is 1. The van der Waals surface area contributed by atoms with Gasteiger partial charge in [0.25, 0.3) is 0 Å². The molecule has 0 spiro atoms. The normalized spacial score (nSPS) is 22.8. The van der Waals surface area contributed by atoms with Crippen LogP contribution in [0.5, 0.6) is 5.75 Å². The highest BCUT2D eigenvalue weighted by atomic mass is 16.5. The van der Waals surface area contributed by atoms with Crippen LogP contribution in [0.1, 0.15) is 13.3 Å². The quantitative estimate of drug-likeness (QED) is 0.705. The topological polar surface area (TPSA) is 87.8 Å². The van der Waals surface area contributed by atoms with Crippen molar-refractivity contribution >= 4 is 17.3 Å². The summed E-state index contributed by atoms with van der Waals surface area (Å²) >= 11 is 0. The van der Waals surface area contributed by atoms with Gasteiger partial charge in [-0.3, -0.25) is 9.69 Å². The number of hydrogen-bond donors (Lipinski definition) is 3. The molecule has 2 rings (SSSR count). The number of nitrogens with zero attached hydrogens (tertiary/aromatic N) is 1. The monoisotopic (exact) mass is 279 g/mol. The molecule has 0 saturated carbocycles. The average Bonchev–Trinajstić information content (AvgIpc) is 2.68. The molecular formula is C14H21N3O3. The molecule has 1 aromatic rings. The Morgan fingerprint density at radius 2 is 2.35 bits per heavy atom. The number of nitrogen functional groups attached to an aromatic ring is 1. The van der Waals surface area contributed by atoms with Gasteiger partial charge in [-0.15, -0.1) is 0 Å². The molecule has 1 heterocycles. The summed E-state index contributed by atoms with van der Waals surface area (Å²) in [5.41, 5.74) is 6.13. The molecule has 1 unspecified atom stereocenters. The Balaban J connectivity index is 1.97. The van der Waals surface area contributed by atoms with Gasteiger partial charge in [-0.05, 0) is 31.5 Å². The van der Waals surface area contributed by atoms with Gasteiger partial charge in [0.1, 0.15) is 5.75 Å². The van der Waals surface area contributed by atoms with Crippen molar-refractivity contribution in [2.24, 2.45) is 0 Å². The van der Waals surface area contributed by atoms with Gasteiger partial charge in [0.15, 0.2) is 0 Å². The fourth-order valence-electron chi connectivity index (χ4n) is 2.39. The van der Waals surface area contributed by atoms with E-state index in [-0.39, 0.29) is 12.5 Å². The highest BCUT2D eigenvalue weighted by Crippen LogP contribution is 2.26. The molecule has 1 aliphatic rings. The van der Waals surface area contributed by atoms with Crippen LogP contribution >= 0.6 is 0 Å². The van der Waals surface area contributed by atoms with Crippen LogP contribution in [0.2, 0.25) is 0 Å². The first-order valence-corrected chi connectivity index (χ1v) is 6.58. The van der Waals surface area contributed by atoms with Crippen LogP contribution in [0.15, 0.2) is 18.2 Å². The van der Waals surface area contributed by atoms with Crippen LogP contribution in [-0.4, -0.2) is 48.3 Å². The molecule has 20 heavy (non-hydrogen) atoms. The van der Waals surface area contributed by atoms with Crippen LogP contribution in [0, 0.1) is 0 Å². The minimum atomic E-state index is -0.699. The number of methoxy groups -OCH3 is 1. The van der Waals surface area contributed by atoms with E-state index in [2.05, 4.69) is 5.32 Å². The number of likely N-dealkylation sites (tertiary alicyclic amines) is 1. The Morgan fingerprint density at radius 3 is 2.95 bits per heavy atom. The molecule has 110 valence electrons. The number of rotatable bonds is 4. The second-order valence-electron chi connectivity index (χ2n) is 5.47. The third-order valence-corrected chi connectivity index (χ3v) is 3.40. The van der Waals surface area contributed by atoms with Gasteiger partial charge in [0, 0.05) is 18.8 Å². The number of aliphatic hydroxyl groups is 1. The second-order valence-corrected chi connectivity index (χ2v) is 5.47. The van der Waals surface area contributed by atoms with E-state index in [0.717, 1.165) is 0 Å². The number of amides is 1. The lowest BCUT2D eigenvalue weighted by molar-refractivity contribution is -0.117. The Labute approximate surface area is 118 Å². The number of hydrogen-bond acceptors (Lipinski definition) is 5. The molecule has 0 bridgehead atoms. The van der Waals surface area contributed by atoms with Crippen molar-refractivity contribution in [1.82, 2.24) is 4.90 Å². The number of anilines is 2. The van der Waals surface area contributed by atoms with Gasteiger partial charge in [0.05, 0.1) is 24.9 Å². The van der Waals surface area contributed by atoms with Gasteiger partial charge in [-0.1, -0.05) is 0 Å². The smallest absolute Gasteiger partial charge is 0.238 e. The minimum Gasteiger partial charge on any atom is -0.495 e. The van der Waals surface area contributed by atoms with Crippen molar-refractivity contribution in [3.05, 3.63) is 18.2 Å². The van der Waals surface area contributed by atoms with E-state index in [1.165, 1.54) is 0 Å². The summed E-state index contributed by atoms with van der Waals surface area (Å²) in [7, 11) is 1.54. The maximum Gasteiger partial charge on any atom is 0.238 e. The highest BCUT2D eigenvalue weighted by Gasteiger charge is 2.32. The van der Waals surface area contributed by atoms with Crippen molar-refractivity contribution in [2.75, 3.05) is 37.8 Å². The SMILES string of the molecule is COc1ccc(N)cc1NC(=O)CN1CCC(C)(O)C1. The van der Waals surface area contributed by atoms with Crippen LogP contribution in [-0.2, 0) is 4.79 Å². The van der Waals surface area contributed by atoms with Gasteiger partial charge in [-0.2, -0.15) is 0 Å². The maximum absolute atomic E-state index is 12.0. The van der Waals surface area contributed by atoms with E-state index < -0.39 is 5.60 Å². The van der Waals surface area contributed by atoms with E-state index in [9.17, 15) is 9.90 Å². The van der Waals surface area contributed by atoms with E-state index in [1.807, 2.05) is 4.90 Å². The summed E-state index contributed by atoms with van der Waals surface area (Å²) in [6, 6.07) is 5.09. The van der Waals surface area contributed by atoms with Gasteiger partial charge in [0.2, 0.25) is 5.91 Å². The lowest BCUT2D eigenvalue weighted by Gasteiger charge is -2.18. The average molecular weight is 279 g/mol. The molecule has 0 aliphatic carbocycles. The number of carbonyl (C=O) groups is 1. The molecule has 6 heteroatoms. The van der Waals surface area contributed by atoms with E-state index in [1.54, 1.807) is 32.2 Å². The van der Waals surface area contributed by atoms with Crippen LogP contribution < -0.4 is 15.8 Å². The second kappa shape index (κ2) is 5.68. The van der Waals surface area contributed by atoms with E-state index >= 15 is 0 Å². The maximum atomic E-state index is 12.0. The molecule has 1 atom stereocenters. The minimum absolute atomic E-state index is 0.147. The van der Waals surface area contributed by atoms with Crippen molar-refractivity contribution in [2.45, 2.75) is 18.9 Å². The first-order chi connectivity index (χ1) is 9.39. The summed E-state index contributed by atoms with van der Waals surface area (Å²) in [6.07, 6.45) is 0.682. The van der Waals surface area contributed by atoms with Crippen LogP contribution in [0.4, 0.5) is 11.4 Å². The largest absolute Gasteiger partial charge is 0.495 e. The lowest BCUT2D eigenvalue weighted by atomic mass is 10.1. The Bertz CT molecular complexity index is 502. The Hall–Kier alpha value is -1.79. The third-order valence-electron chi connectivity index (χ3n) is 3.40. The molecule has 1 amide bonds. The molecule has 1 aromatic carbocycles. The molecule has 1 fully saturated rings. The lowest BCUT2D eigenvalue weighted by Crippen LogP contribution is -2.35. The fraction of sp³-hybridized carbons (Fsp3) is 0.500. The zero-order valence-electron chi connectivity index (χ0n) is 11.8. The first kappa shape index (κ1) is 14.6. The number of ether oxygens (including phenoxy) is 1. The summed E-state index contributed by atoms with van der Waals surface area (Å²) in [5.74, 6) is 0.424. The predicted molar refractivity (Wildman–Crippen MR) is 77.7 cm³/mol. The number of benzene rings is 1. The Morgan fingerprint density at radius 1 is 1.60 bits per heavy atom. The summed E-state index contributed by atoms with van der Waals surface area (Å²) in [5, 5.41) is 12.7. The first-order valence-electron chi connectivity index (χ1n) is 6.58. The summed E-state index contributed by atoms with van der Waals surface area (Å²) in [4.78, 5) is 14.0. The number of carbonyl (C=O) groups excluding carboxylic acids is 1. The van der Waals surface area contributed by atoms with Crippen LogP contribution in [0.25, 0.3) is 0 Å². The van der Waals surface area contributed by atoms with Crippen molar-refractivity contribution < 1.29 is 14.6 Å². The zero-order valence-corrected chi connectivity index (χ0v) is 11.8. The number of nitrogens with one attached hydrogen (secondary N) is 1. The molecule has 1 aliphatic heterocycles. The summed E-state index contributed by atoms with van der Waals surface area (Å²) < 4.78 is 5.18. The molecular weight excluding hydrogens is 258 g/mol. The third kappa shape index (κ3) is 3.61. The highest BCUT2D eigenvalue weighted by molar-refractivity contribution is 5.94. The van der Waals surface area contributed by atoms with Gasteiger partial charge in [-0.25, -0.2) is 0 Å². The molecule has 4 N–H and O–H groups in total. The molecule has 0 radical (unpaired) electrons. The fourth-order valence-corrected chi connectivity index (χ4v) is 2.39. The van der Waals surface area contributed by atoms with Gasteiger partial charge >= 0.3 is 0 Å². The number of β-amino-alcohol motifs (C(OH)–C–C–N with tert-alkyl or cyclic N) is 1. The van der Waals surface area contributed by atoms with E-state index in [4.69, 9.17) is 10.5 Å².